The number of piperazine rings is 1. The summed E-state index contributed by atoms with van der Waals surface area (Å²) in [5.74, 6) is -0.146. The number of quaternary nitrogens is 1. The van der Waals surface area contributed by atoms with E-state index in [2.05, 4.69) is 11.8 Å². The van der Waals surface area contributed by atoms with Crippen LogP contribution in [-0.4, -0.2) is 44.0 Å². The van der Waals surface area contributed by atoms with Crippen molar-refractivity contribution in [3.8, 4) is 0 Å². The molecule has 2 aliphatic rings. The van der Waals surface area contributed by atoms with Gasteiger partial charge in [-0.1, -0.05) is 35.9 Å². The Bertz CT molecular complexity index is 946. The van der Waals surface area contributed by atoms with Crippen molar-refractivity contribution in [2.45, 2.75) is 33.2 Å². The van der Waals surface area contributed by atoms with Crippen molar-refractivity contribution in [1.82, 2.24) is 0 Å². The minimum atomic E-state index is -0.288. The van der Waals surface area contributed by atoms with Crippen LogP contribution < -0.4 is 14.7 Å². The first-order valence-corrected chi connectivity index (χ1v) is 10.5. The quantitative estimate of drug-likeness (QED) is 0.787. The fourth-order valence-corrected chi connectivity index (χ4v) is 4.82. The summed E-state index contributed by atoms with van der Waals surface area (Å²) < 4.78 is 0. The van der Waals surface area contributed by atoms with Crippen LogP contribution in [0.25, 0.3) is 0 Å². The number of nitrogens with one attached hydrogen (secondary N) is 1. The standard InChI is InChI=1S/C23H26ClN3O2/c1-15-7-8-18(24)13-19(15)25-9-11-26(12-10-25)20-14-21(28)27(23(20)29)22-16(2)5-4-6-17(22)3/h4-8,13,20H,9-12,14H2,1-3H3/p+1/t20-/m0/s1. The zero-order valence-electron chi connectivity index (χ0n) is 17.2. The predicted molar refractivity (Wildman–Crippen MR) is 116 cm³/mol. The van der Waals surface area contributed by atoms with E-state index in [0.29, 0.717) is 0 Å². The van der Waals surface area contributed by atoms with Gasteiger partial charge in [0.05, 0.1) is 38.3 Å². The Morgan fingerprint density at radius 3 is 2.28 bits per heavy atom. The fraction of sp³-hybridized carbons (Fsp3) is 0.391. The summed E-state index contributed by atoms with van der Waals surface area (Å²) in [5, 5.41) is 0.737. The van der Waals surface area contributed by atoms with Crippen LogP contribution >= 0.6 is 11.6 Å². The number of nitrogens with zero attached hydrogens (tertiary/aromatic N) is 2. The Hall–Kier alpha value is -2.37. The average Bonchev–Trinajstić information content (AvgIpc) is 2.98. The number of para-hydroxylation sites is 1. The van der Waals surface area contributed by atoms with E-state index in [9.17, 15) is 9.59 Å². The number of carbonyl (C=O) groups excluding carboxylic acids is 2. The predicted octanol–water partition coefficient (Wildman–Crippen LogP) is 2.30. The summed E-state index contributed by atoms with van der Waals surface area (Å²) in [6.45, 7) is 9.35. The van der Waals surface area contributed by atoms with Crippen LogP contribution in [0.4, 0.5) is 11.4 Å². The number of halogens is 1. The van der Waals surface area contributed by atoms with Crippen molar-refractivity contribution in [3.63, 3.8) is 0 Å². The number of carbonyl (C=O) groups is 2. The second-order valence-corrected chi connectivity index (χ2v) is 8.58. The van der Waals surface area contributed by atoms with Crippen LogP contribution in [0, 0.1) is 20.8 Å². The van der Waals surface area contributed by atoms with E-state index in [1.165, 1.54) is 15.4 Å². The molecule has 2 amide bonds. The van der Waals surface area contributed by atoms with Gasteiger partial charge in [-0.3, -0.25) is 9.59 Å². The average molecular weight is 413 g/mol. The first-order chi connectivity index (χ1) is 13.9. The zero-order chi connectivity index (χ0) is 20.7. The molecule has 1 N–H and O–H groups in total. The Labute approximate surface area is 176 Å². The van der Waals surface area contributed by atoms with Gasteiger partial charge in [-0.15, -0.1) is 0 Å². The van der Waals surface area contributed by atoms with Crippen molar-refractivity contribution >= 4 is 34.8 Å². The van der Waals surface area contributed by atoms with Crippen molar-refractivity contribution in [3.05, 3.63) is 58.1 Å². The molecule has 0 radical (unpaired) electrons. The number of rotatable bonds is 3. The molecule has 6 heteroatoms. The molecule has 1 atom stereocenters. The number of benzene rings is 2. The number of anilines is 2. The molecule has 0 aliphatic carbocycles. The molecule has 2 aliphatic heterocycles. The third-order valence-electron chi connectivity index (χ3n) is 6.22. The summed E-state index contributed by atoms with van der Waals surface area (Å²) >= 11 is 6.18. The van der Waals surface area contributed by atoms with E-state index in [-0.39, 0.29) is 24.3 Å². The maximum absolute atomic E-state index is 13.2. The molecule has 2 saturated heterocycles. The smallest absolute Gasteiger partial charge is 0.292 e. The van der Waals surface area contributed by atoms with E-state index >= 15 is 0 Å². The van der Waals surface area contributed by atoms with Crippen LogP contribution in [0.1, 0.15) is 23.1 Å². The summed E-state index contributed by atoms with van der Waals surface area (Å²) in [5.41, 5.74) is 5.04. The van der Waals surface area contributed by atoms with Crippen LogP contribution in [0.3, 0.4) is 0 Å². The summed E-state index contributed by atoms with van der Waals surface area (Å²) in [6, 6.07) is 11.5. The first kappa shape index (κ1) is 19.9. The van der Waals surface area contributed by atoms with Gasteiger partial charge in [0.1, 0.15) is 0 Å². The minimum Gasteiger partial charge on any atom is -0.360 e. The second-order valence-electron chi connectivity index (χ2n) is 8.14. The summed E-state index contributed by atoms with van der Waals surface area (Å²) in [4.78, 5) is 31.0. The Kier molecular flexibility index (Phi) is 5.36. The third kappa shape index (κ3) is 3.65. The minimum absolute atomic E-state index is 0.0604. The maximum Gasteiger partial charge on any atom is 0.292 e. The molecule has 2 aromatic carbocycles. The van der Waals surface area contributed by atoms with E-state index < -0.39 is 0 Å². The largest absolute Gasteiger partial charge is 0.360 e. The van der Waals surface area contributed by atoms with E-state index in [1.54, 1.807) is 0 Å². The molecule has 2 aromatic rings. The van der Waals surface area contributed by atoms with E-state index in [0.717, 1.165) is 53.7 Å². The monoisotopic (exact) mass is 412 g/mol. The van der Waals surface area contributed by atoms with Crippen LogP contribution in [-0.2, 0) is 9.59 Å². The molecule has 0 spiro atoms. The van der Waals surface area contributed by atoms with Crippen LogP contribution in [0.15, 0.2) is 36.4 Å². The number of amides is 2. The maximum atomic E-state index is 13.2. The fourth-order valence-electron chi connectivity index (χ4n) is 4.65. The lowest BCUT2D eigenvalue weighted by molar-refractivity contribution is -0.915. The Morgan fingerprint density at radius 2 is 1.62 bits per heavy atom. The lowest BCUT2D eigenvalue weighted by Crippen LogP contribution is -3.19. The van der Waals surface area contributed by atoms with Gasteiger partial charge < -0.3 is 9.80 Å². The normalized spacial score (nSPS) is 20.6. The first-order valence-electron chi connectivity index (χ1n) is 10.2. The highest BCUT2D eigenvalue weighted by atomic mass is 35.5. The molecule has 0 unspecified atom stereocenters. The van der Waals surface area contributed by atoms with Gasteiger partial charge in [0.2, 0.25) is 5.91 Å². The molecular formula is C23H27ClN3O2+. The van der Waals surface area contributed by atoms with Crippen LogP contribution in [0.5, 0.6) is 0 Å². The second kappa shape index (κ2) is 7.81. The molecule has 0 aromatic heterocycles. The van der Waals surface area contributed by atoms with Gasteiger partial charge in [0, 0.05) is 10.7 Å². The van der Waals surface area contributed by atoms with Gasteiger partial charge >= 0.3 is 0 Å². The number of aryl methyl sites for hydroxylation is 3. The highest BCUT2D eigenvalue weighted by molar-refractivity contribution is 6.30. The van der Waals surface area contributed by atoms with Gasteiger partial charge in [0.15, 0.2) is 6.04 Å². The molecule has 29 heavy (non-hydrogen) atoms. The molecule has 2 fully saturated rings. The number of hydrogen-bond donors (Lipinski definition) is 1. The Morgan fingerprint density at radius 1 is 0.966 bits per heavy atom. The van der Waals surface area contributed by atoms with E-state index in [1.807, 2.05) is 50.2 Å². The van der Waals surface area contributed by atoms with Gasteiger partial charge in [0.25, 0.3) is 5.91 Å². The topological polar surface area (TPSA) is 45.1 Å². The highest BCUT2D eigenvalue weighted by Crippen LogP contribution is 2.29. The molecule has 5 nitrogen and oxygen atoms in total. The van der Waals surface area contributed by atoms with Crippen molar-refractivity contribution in [1.29, 1.82) is 0 Å². The zero-order valence-corrected chi connectivity index (χ0v) is 17.9. The summed E-state index contributed by atoms with van der Waals surface area (Å²) in [7, 11) is 0. The van der Waals surface area contributed by atoms with Gasteiger partial charge in [-0.25, -0.2) is 4.90 Å². The third-order valence-corrected chi connectivity index (χ3v) is 6.46. The van der Waals surface area contributed by atoms with Gasteiger partial charge in [-0.2, -0.15) is 0 Å². The Balaban J connectivity index is 1.49. The number of hydrogen-bond acceptors (Lipinski definition) is 3. The van der Waals surface area contributed by atoms with Crippen molar-refractivity contribution in [2.75, 3.05) is 36.0 Å². The molecule has 4 rings (SSSR count). The molecule has 152 valence electrons. The highest BCUT2D eigenvalue weighted by Gasteiger charge is 2.47. The van der Waals surface area contributed by atoms with E-state index in [4.69, 9.17) is 11.6 Å². The van der Waals surface area contributed by atoms with Crippen molar-refractivity contribution < 1.29 is 14.5 Å². The van der Waals surface area contributed by atoms with Crippen molar-refractivity contribution in [2.24, 2.45) is 0 Å². The molecule has 0 bridgehead atoms. The SMILES string of the molecule is Cc1ccc(Cl)cc1N1CC[NH+]([C@H]2CC(=O)N(c3c(C)cccc3C)C2=O)CC1. The van der Waals surface area contributed by atoms with Crippen LogP contribution in [0.2, 0.25) is 5.02 Å². The lowest BCUT2D eigenvalue weighted by Gasteiger charge is -2.36. The number of imide groups is 1. The lowest BCUT2D eigenvalue weighted by atomic mass is 10.1. The molecule has 0 saturated carbocycles. The van der Waals surface area contributed by atoms with Gasteiger partial charge in [-0.05, 0) is 49.6 Å². The molecule has 2 heterocycles. The molecular weight excluding hydrogens is 386 g/mol. The summed E-state index contributed by atoms with van der Waals surface area (Å²) in [6.07, 6.45) is 0.290.